The lowest BCUT2D eigenvalue weighted by atomic mass is 9.99. The minimum atomic E-state index is -2.00. The molecule has 101 heavy (non-hydrogen) atoms. The maximum atomic E-state index is 15.5. The third-order valence-electron chi connectivity index (χ3n) is 17.8. The summed E-state index contributed by atoms with van der Waals surface area (Å²) in [7, 11) is 0. The Bertz CT molecular complexity index is 3900. The van der Waals surface area contributed by atoms with Crippen molar-refractivity contribution in [3.8, 4) is 0 Å². The second-order valence-electron chi connectivity index (χ2n) is 26.1. The second kappa shape index (κ2) is 36.4. The first-order valence-electron chi connectivity index (χ1n) is 33.9. The van der Waals surface area contributed by atoms with Gasteiger partial charge in [-0.25, -0.2) is 0 Å². The first kappa shape index (κ1) is 76.1. The summed E-state index contributed by atoms with van der Waals surface area (Å²) in [6, 6.07) is 11.6. The van der Waals surface area contributed by atoms with E-state index >= 15 is 14.4 Å². The average molecular weight is 1410 g/mol. The van der Waals surface area contributed by atoms with E-state index in [1.807, 2.05) is 42.5 Å². The van der Waals surface area contributed by atoms with Crippen molar-refractivity contribution in [2.24, 2.45) is 28.1 Å². The Labute approximate surface area is 588 Å². The molecular formula is C70H90ClN17O13. The lowest BCUT2D eigenvalue weighted by Gasteiger charge is -2.31. The van der Waals surface area contributed by atoms with Crippen molar-refractivity contribution >= 4 is 116 Å². The molecule has 540 valence electrons. The number of benzene rings is 4. The molecule has 0 unspecified atom stereocenters. The number of carbonyl (C=O) groups is 13. The Hall–Kier alpha value is -10.6. The third-order valence-corrected chi connectivity index (χ3v) is 18.0. The topological polar surface area (TPSA) is 464 Å². The van der Waals surface area contributed by atoms with Crippen LogP contribution in [0.3, 0.4) is 0 Å². The number of nitrogens with one attached hydrogen (secondary N) is 12. The fourth-order valence-electron chi connectivity index (χ4n) is 12.5. The van der Waals surface area contributed by atoms with Crippen molar-refractivity contribution in [3.63, 3.8) is 0 Å². The monoisotopic (exact) mass is 1410 g/mol. The smallest absolute Gasteiger partial charge is 0.245 e. The predicted octanol–water partition coefficient (Wildman–Crippen LogP) is -0.438. The standard InChI is InChI=1S/C70H90ClN17O13/c1-38(2)30-51-63(95)82-50-16-8-9-27-75-58(90)26-25-49(62(94)80-48(61(93)83-51)17-10-28-76-70(73)74)81-67(99)55(35-59(91)78-37-56(60(72)92)87-68(100)57-18-11-29-88(57)69(50)101)86-66(98)54(34-44-36-77-47-15-7-6-14-46(44)47)85-65(97)53(32-40-20-23-45(71)24-21-40)84-64(96)52(79-39(3)89)33-41-19-22-42-12-4-5-13-43(42)31-41/h4-7,12-15,19-24,31,36,38,48-57,77H,8-11,16-18,25-30,32-35,37H2,1-3H3,(H2,72,92)(H,75,90)(H,78,91)(H,79,89)(H,80,94)(H,81,99)(H,82,95)(H,83,93)(H,84,96)(H,85,97)(H,86,98)(H,87,100)(H4,73,74,76)/t48-,49-,50+,51-,52+,53+,54+,55-,56-,57-/m0/s1. The summed E-state index contributed by atoms with van der Waals surface area (Å²) in [5, 5.41) is 32.3. The zero-order valence-corrected chi connectivity index (χ0v) is 57.4. The van der Waals surface area contributed by atoms with Gasteiger partial charge >= 0.3 is 0 Å². The van der Waals surface area contributed by atoms with Crippen LogP contribution in [0.15, 0.2) is 102 Å². The molecule has 0 radical (unpaired) electrons. The molecule has 4 fully saturated rings. The molecule has 18 N–H and O–H groups in total. The van der Waals surface area contributed by atoms with Crippen molar-refractivity contribution in [1.82, 2.24) is 68.4 Å². The highest BCUT2D eigenvalue weighted by Gasteiger charge is 2.41. The first-order valence-corrected chi connectivity index (χ1v) is 34.3. The van der Waals surface area contributed by atoms with E-state index in [1.54, 1.807) is 68.6 Å². The number of aromatic amines is 1. The number of amides is 13. The molecule has 0 saturated carbocycles. The number of hydrogen-bond donors (Lipinski definition) is 15. The lowest BCUT2D eigenvalue weighted by Crippen LogP contribution is -2.61. The molecule has 0 spiro atoms. The molecule has 2 bridgehead atoms. The summed E-state index contributed by atoms with van der Waals surface area (Å²) in [6.45, 7) is 4.25. The van der Waals surface area contributed by atoms with Gasteiger partial charge in [-0.2, -0.15) is 0 Å². The van der Waals surface area contributed by atoms with E-state index in [0.29, 0.717) is 39.0 Å². The normalized spacial score (nSPS) is 21.8. The SMILES string of the molecule is CC(=O)N[C@H](Cc1ccc2ccccc2c1)C(=O)N[C@H](Cc1ccc(Cl)cc1)C(=O)N[C@H](Cc1c[nH]c2ccccc12)C(=O)N[C@H]1CC(=O)NC[C@@H](C(N)=O)NC(=O)[C@@H]2CCCN2C(=O)[C@H]2CCCCNC(=O)CC[C@H](NC1=O)C(=O)N[C@@H](CCCN=C(N)N)C(=O)N[C@@H](CC(C)C)C(=O)N2. The predicted molar refractivity (Wildman–Crippen MR) is 375 cm³/mol. The molecule has 31 heteroatoms. The van der Waals surface area contributed by atoms with Crippen LogP contribution in [-0.4, -0.2) is 179 Å². The summed E-state index contributed by atoms with van der Waals surface area (Å²) >= 11 is 6.29. The molecular weight excluding hydrogens is 1320 g/mol. The minimum Gasteiger partial charge on any atom is -0.370 e. The van der Waals surface area contributed by atoms with E-state index in [1.165, 1.54) is 11.8 Å². The number of nitrogens with two attached hydrogens (primary N) is 3. The lowest BCUT2D eigenvalue weighted by molar-refractivity contribution is -0.142. The second-order valence-corrected chi connectivity index (χ2v) is 26.5. The van der Waals surface area contributed by atoms with E-state index < -0.39 is 163 Å². The van der Waals surface area contributed by atoms with Gasteiger partial charge in [0, 0.05) is 80.9 Å². The van der Waals surface area contributed by atoms with Gasteiger partial charge in [0.1, 0.15) is 60.4 Å². The Morgan fingerprint density at radius 2 is 1.29 bits per heavy atom. The van der Waals surface area contributed by atoms with Gasteiger partial charge in [-0.3, -0.25) is 67.3 Å². The highest BCUT2D eigenvalue weighted by atomic mass is 35.5. The Balaban J connectivity index is 1.18. The summed E-state index contributed by atoms with van der Waals surface area (Å²) in [5.74, 6) is -11.9. The van der Waals surface area contributed by atoms with Crippen molar-refractivity contribution in [2.75, 3.05) is 26.2 Å². The van der Waals surface area contributed by atoms with Crippen LogP contribution in [0, 0.1) is 5.92 Å². The van der Waals surface area contributed by atoms with E-state index in [2.05, 4.69) is 68.5 Å². The van der Waals surface area contributed by atoms with Crippen LogP contribution >= 0.6 is 11.6 Å². The first-order chi connectivity index (χ1) is 48.3. The number of guanidine groups is 1. The molecule has 4 saturated heterocycles. The Kier molecular flexibility index (Phi) is 27.5. The van der Waals surface area contributed by atoms with Gasteiger partial charge in [-0.05, 0) is 109 Å². The van der Waals surface area contributed by atoms with Crippen molar-refractivity contribution in [1.29, 1.82) is 0 Å². The molecule has 10 atom stereocenters. The van der Waals surface area contributed by atoms with Gasteiger partial charge in [-0.1, -0.05) is 98.2 Å². The molecule has 0 aliphatic carbocycles. The maximum Gasteiger partial charge on any atom is 0.245 e. The molecule has 5 heterocycles. The number of aliphatic imine (C=N–C) groups is 1. The van der Waals surface area contributed by atoms with E-state index in [-0.39, 0.29) is 95.7 Å². The minimum absolute atomic E-state index is 0.00103. The number of nitrogens with zero attached hydrogens (tertiary/aromatic N) is 2. The van der Waals surface area contributed by atoms with Crippen LogP contribution in [0.2, 0.25) is 5.02 Å². The summed E-state index contributed by atoms with van der Waals surface area (Å²) in [6.07, 6.45) is 0.208. The fourth-order valence-corrected chi connectivity index (χ4v) is 12.6. The number of fused-ring (bicyclic) bond motifs is 25. The number of hydrogen-bond acceptors (Lipinski definition) is 14. The number of halogens is 1. The quantitative estimate of drug-likeness (QED) is 0.0203. The Morgan fingerprint density at radius 1 is 0.634 bits per heavy atom. The molecule has 5 aromatic rings. The van der Waals surface area contributed by atoms with E-state index in [9.17, 15) is 47.9 Å². The highest BCUT2D eigenvalue weighted by molar-refractivity contribution is 6.30. The summed E-state index contributed by atoms with van der Waals surface area (Å²) in [5.41, 5.74) is 19.4. The van der Waals surface area contributed by atoms with Crippen LogP contribution in [0.25, 0.3) is 21.7 Å². The zero-order chi connectivity index (χ0) is 72.9. The molecule has 1 aromatic heterocycles. The number of carbonyl (C=O) groups excluding carboxylic acids is 13. The van der Waals surface area contributed by atoms with Gasteiger partial charge in [0.15, 0.2) is 5.96 Å². The van der Waals surface area contributed by atoms with E-state index in [4.69, 9.17) is 28.8 Å². The van der Waals surface area contributed by atoms with Gasteiger partial charge < -0.3 is 85.6 Å². The van der Waals surface area contributed by atoms with Crippen molar-refractivity contribution in [3.05, 3.63) is 119 Å². The van der Waals surface area contributed by atoms with Crippen molar-refractivity contribution < 1.29 is 62.3 Å². The fraction of sp³-hybridized carbons (Fsp3) is 0.457. The molecule has 30 nitrogen and oxygen atoms in total. The molecule has 4 aliphatic rings. The van der Waals surface area contributed by atoms with Crippen LogP contribution < -0.4 is 75.7 Å². The zero-order valence-electron chi connectivity index (χ0n) is 56.6. The van der Waals surface area contributed by atoms with Gasteiger partial charge in [0.25, 0.3) is 0 Å². The third kappa shape index (κ3) is 22.4. The van der Waals surface area contributed by atoms with Gasteiger partial charge in [0.05, 0.1) is 6.42 Å². The number of primary amides is 1. The molecule has 4 aromatic carbocycles. The Morgan fingerprint density at radius 3 is 2.00 bits per heavy atom. The summed E-state index contributed by atoms with van der Waals surface area (Å²) < 4.78 is 0. The van der Waals surface area contributed by atoms with Crippen LogP contribution in [0.1, 0.15) is 108 Å². The van der Waals surface area contributed by atoms with Gasteiger partial charge in [0.2, 0.25) is 76.8 Å². The molecule has 9 rings (SSSR count). The maximum absolute atomic E-state index is 15.5. The van der Waals surface area contributed by atoms with Gasteiger partial charge in [-0.15, -0.1) is 0 Å². The number of para-hydroxylation sites is 1. The average Bonchev–Trinajstić information content (AvgIpc) is 1.81. The van der Waals surface area contributed by atoms with Crippen molar-refractivity contribution in [2.45, 2.75) is 171 Å². The highest BCUT2D eigenvalue weighted by Crippen LogP contribution is 2.24. The molecule has 4 aliphatic heterocycles. The summed E-state index contributed by atoms with van der Waals surface area (Å²) in [4.78, 5) is 196. The number of H-pyrrole nitrogens is 1. The van der Waals surface area contributed by atoms with Crippen LogP contribution in [0.5, 0.6) is 0 Å². The van der Waals surface area contributed by atoms with Crippen LogP contribution in [-0.2, 0) is 81.6 Å². The number of aromatic nitrogens is 1. The van der Waals surface area contributed by atoms with E-state index in [0.717, 1.165) is 10.8 Å². The largest absolute Gasteiger partial charge is 0.370 e. The number of rotatable bonds is 20. The van der Waals surface area contributed by atoms with Crippen LogP contribution in [0.4, 0.5) is 0 Å². The molecule has 13 amide bonds.